The van der Waals surface area contributed by atoms with Gasteiger partial charge < -0.3 is 10.7 Å². The molecular formula is C12H18N4. The summed E-state index contributed by atoms with van der Waals surface area (Å²) in [5.74, 6) is 0.596. The average molecular weight is 218 g/mol. The van der Waals surface area contributed by atoms with Crippen molar-refractivity contribution in [3.63, 3.8) is 0 Å². The maximum absolute atomic E-state index is 5.61. The second-order valence-electron chi connectivity index (χ2n) is 4.49. The Hall–Kier alpha value is -1.42. The van der Waals surface area contributed by atoms with Crippen LogP contribution in [0.4, 0.5) is 0 Å². The molecule has 3 N–H and O–H groups in total. The number of aromatic amines is 1. The van der Waals surface area contributed by atoms with Crippen molar-refractivity contribution < 1.29 is 0 Å². The molecule has 0 aliphatic rings. The third-order valence-corrected chi connectivity index (χ3v) is 2.65. The molecule has 0 unspecified atom stereocenters. The van der Waals surface area contributed by atoms with Gasteiger partial charge in [-0.05, 0) is 30.9 Å². The number of hydrogen-bond donors (Lipinski definition) is 2. The van der Waals surface area contributed by atoms with Crippen molar-refractivity contribution in [2.24, 2.45) is 11.7 Å². The lowest BCUT2D eigenvalue weighted by Gasteiger charge is -2.06. The van der Waals surface area contributed by atoms with Crippen LogP contribution in [0.3, 0.4) is 0 Å². The van der Waals surface area contributed by atoms with Crippen molar-refractivity contribution in [3.8, 4) is 0 Å². The number of fused-ring (bicyclic) bond motifs is 1. The van der Waals surface area contributed by atoms with Gasteiger partial charge in [-0.25, -0.2) is 9.97 Å². The first-order valence-corrected chi connectivity index (χ1v) is 5.72. The van der Waals surface area contributed by atoms with Crippen LogP contribution in [0.25, 0.3) is 11.0 Å². The molecule has 4 heteroatoms. The predicted molar refractivity (Wildman–Crippen MR) is 65.2 cm³/mol. The second-order valence-corrected chi connectivity index (χ2v) is 4.49. The van der Waals surface area contributed by atoms with Crippen molar-refractivity contribution in [2.75, 3.05) is 6.54 Å². The Kier molecular flexibility index (Phi) is 3.19. The molecule has 2 aromatic rings. The molecule has 16 heavy (non-hydrogen) atoms. The molecule has 0 radical (unpaired) electrons. The summed E-state index contributed by atoms with van der Waals surface area (Å²) in [6, 6.07) is 0. The van der Waals surface area contributed by atoms with Crippen molar-refractivity contribution in [3.05, 3.63) is 23.8 Å². The van der Waals surface area contributed by atoms with E-state index in [1.807, 2.05) is 6.20 Å². The zero-order valence-corrected chi connectivity index (χ0v) is 9.83. The molecule has 0 atom stereocenters. The summed E-state index contributed by atoms with van der Waals surface area (Å²) < 4.78 is 0. The standard InChI is InChI=1S/C12H18N4/c1-8(2)5-10-11-9(3-4-13)6-14-12(11)16-7-15-10/h6-8H,3-5,13H2,1-2H3,(H,14,15,16). The van der Waals surface area contributed by atoms with Gasteiger partial charge in [-0.1, -0.05) is 13.8 Å². The van der Waals surface area contributed by atoms with E-state index in [2.05, 4.69) is 28.8 Å². The Labute approximate surface area is 95.3 Å². The zero-order chi connectivity index (χ0) is 11.5. The minimum atomic E-state index is 0.596. The Morgan fingerprint density at radius 3 is 2.88 bits per heavy atom. The Morgan fingerprint density at radius 2 is 2.19 bits per heavy atom. The summed E-state index contributed by atoms with van der Waals surface area (Å²) in [5, 5.41) is 1.17. The molecule has 2 rings (SSSR count). The smallest absolute Gasteiger partial charge is 0.141 e. The average Bonchev–Trinajstić information content (AvgIpc) is 2.62. The van der Waals surface area contributed by atoms with Crippen LogP contribution in [-0.2, 0) is 12.8 Å². The van der Waals surface area contributed by atoms with Crippen molar-refractivity contribution in [1.82, 2.24) is 15.0 Å². The van der Waals surface area contributed by atoms with Crippen LogP contribution in [0.2, 0.25) is 0 Å². The Morgan fingerprint density at radius 1 is 1.38 bits per heavy atom. The van der Waals surface area contributed by atoms with Gasteiger partial charge in [0.25, 0.3) is 0 Å². The van der Waals surface area contributed by atoms with E-state index in [0.717, 1.165) is 24.2 Å². The van der Waals surface area contributed by atoms with Crippen molar-refractivity contribution in [2.45, 2.75) is 26.7 Å². The fourth-order valence-corrected chi connectivity index (χ4v) is 1.99. The van der Waals surface area contributed by atoms with E-state index in [1.165, 1.54) is 10.9 Å². The minimum absolute atomic E-state index is 0.596. The van der Waals surface area contributed by atoms with E-state index in [1.54, 1.807) is 6.33 Å². The highest BCUT2D eigenvalue weighted by molar-refractivity contribution is 5.82. The summed E-state index contributed by atoms with van der Waals surface area (Å²) in [5.41, 5.74) is 8.89. The first-order chi connectivity index (χ1) is 7.72. The van der Waals surface area contributed by atoms with Gasteiger partial charge in [0.2, 0.25) is 0 Å². The maximum atomic E-state index is 5.61. The van der Waals surface area contributed by atoms with Crippen molar-refractivity contribution >= 4 is 11.0 Å². The molecule has 0 aromatic carbocycles. The zero-order valence-electron chi connectivity index (χ0n) is 9.83. The Bertz CT molecular complexity index is 473. The molecular weight excluding hydrogens is 200 g/mol. The van der Waals surface area contributed by atoms with Crippen LogP contribution in [0, 0.1) is 5.92 Å². The number of rotatable bonds is 4. The van der Waals surface area contributed by atoms with Gasteiger partial charge in [0.1, 0.15) is 12.0 Å². The van der Waals surface area contributed by atoms with Gasteiger partial charge in [0.05, 0.1) is 5.69 Å². The van der Waals surface area contributed by atoms with E-state index in [4.69, 9.17) is 5.73 Å². The van der Waals surface area contributed by atoms with Gasteiger partial charge in [0.15, 0.2) is 0 Å². The molecule has 2 aromatic heterocycles. The van der Waals surface area contributed by atoms with Crippen LogP contribution in [-0.4, -0.2) is 21.5 Å². The van der Waals surface area contributed by atoms with Gasteiger partial charge >= 0.3 is 0 Å². The first kappa shape index (κ1) is 11.1. The number of hydrogen-bond acceptors (Lipinski definition) is 3. The normalized spacial score (nSPS) is 11.5. The Balaban J connectivity index is 2.50. The predicted octanol–water partition coefficient (Wildman–Crippen LogP) is 1.66. The molecule has 0 bridgehead atoms. The SMILES string of the molecule is CC(C)Cc1ncnc2[nH]cc(CCN)c12. The number of aromatic nitrogens is 3. The highest BCUT2D eigenvalue weighted by Gasteiger charge is 2.11. The van der Waals surface area contributed by atoms with Gasteiger partial charge in [-0.2, -0.15) is 0 Å². The first-order valence-electron chi connectivity index (χ1n) is 5.72. The second kappa shape index (κ2) is 4.61. The van der Waals surface area contributed by atoms with E-state index in [0.29, 0.717) is 12.5 Å². The quantitative estimate of drug-likeness (QED) is 0.820. The molecule has 4 nitrogen and oxygen atoms in total. The number of H-pyrrole nitrogens is 1. The van der Waals surface area contributed by atoms with Crippen LogP contribution >= 0.6 is 0 Å². The van der Waals surface area contributed by atoms with E-state index < -0.39 is 0 Å². The molecule has 0 spiro atoms. The molecule has 0 fully saturated rings. The molecule has 2 heterocycles. The summed E-state index contributed by atoms with van der Waals surface area (Å²) >= 11 is 0. The molecule has 0 saturated carbocycles. The minimum Gasteiger partial charge on any atom is -0.346 e. The van der Waals surface area contributed by atoms with Gasteiger partial charge in [-0.15, -0.1) is 0 Å². The summed E-state index contributed by atoms with van der Waals surface area (Å²) in [6.45, 7) is 5.05. The monoisotopic (exact) mass is 218 g/mol. The van der Waals surface area contributed by atoms with Crippen LogP contribution in [0.15, 0.2) is 12.5 Å². The summed E-state index contributed by atoms with van der Waals surface area (Å²) in [6.07, 6.45) is 5.48. The van der Waals surface area contributed by atoms with Crippen LogP contribution in [0.5, 0.6) is 0 Å². The van der Waals surface area contributed by atoms with Crippen LogP contribution < -0.4 is 5.73 Å². The van der Waals surface area contributed by atoms with Crippen molar-refractivity contribution in [1.29, 1.82) is 0 Å². The van der Waals surface area contributed by atoms with Gasteiger partial charge in [-0.3, -0.25) is 0 Å². The number of nitrogens with two attached hydrogens (primary N) is 1. The number of nitrogens with one attached hydrogen (secondary N) is 1. The van der Waals surface area contributed by atoms with E-state index in [-0.39, 0.29) is 0 Å². The third kappa shape index (κ3) is 2.07. The molecule has 0 amide bonds. The number of nitrogens with zero attached hydrogens (tertiary/aromatic N) is 2. The van der Waals surface area contributed by atoms with Crippen LogP contribution in [0.1, 0.15) is 25.1 Å². The highest BCUT2D eigenvalue weighted by atomic mass is 14.9. The molecule has 0 saturated heterocycles. The lowest BCUT2D eigenvalue weighted by Crippen LogP contribution is -2.04. The van der Waals surface area contributed by atoms with E-state index in [9.17, 15) is 0 Å². The summed E-state index contributed by atoms with van der Waals surface area (Å²) in [7, 11) is 0. The molecule has 0 aliphatic heterocycles. The van der Waals surface area contributed by atoms with Gasteiger partial charge in [0, 0.05) is 11.6 Å². The lowest BCUT2D eigenvalue weighted by molar-refractivity contribution is 0.638. The highest BCUT2D eigenvalue weighted by Crippen LogP contribution is 2.21. The topological polar surface area (TPSA) is 67.6 Å². The largest absolute Gasteiger partial charge is 0.346 e. The maximum Gasteiger partial charge on any atom is 0.141 e. The fraction of sp³-hybridized carbons (Fsp3) is 0.500. The molecule has 0 aliphatic carbocycles. The molecule has 86 valence electrons. The fourth-order valence-electron chi connectivity index (χ4n) is 1.99. The lowest BCUT2D eigenvalue weighted by atomic mass is 10.0. The van der Waals surface area contributed by atoms with E-state index >= 15 is 0 Å². The summed E-state index contributed by atoms with van der Waals surface area (Å²) in [4.78, 5) is 11.8. The third-order valence-electron chi connectivity index (χ3n) is 2.65.